The molecule has 0 saturated heterocycles. The zero-order chi connectivity index (χ0) is 18.6. The molecule has 1 aliphatic carbocycles. The molecule has 0 spiro atoms. The fourth-order valence-corrected chi connectivity index (χ4v) is 4.04. The fourth-order valence-electron chi connectivity index (χ4n) is 4.04. The van der Waals surface area contributed by atoms with Crippen LogP contribution in [-0.4, -0.2) is 41.6 Å². The molecule has 26 heavy (non-hydrogen) atoms. The Morgan fingerprint density at radius 3 is 2.38 bits per heavy atom. The van der Waals surface area contributed by atoms with Crippen LogP contribution in [-0.2, 0) is 0 Å². The number of rotatable bonds is 5. The van der Waals surface area contributed by atoms with Crippen LogP contribution in [0.3, 0.4) is 0 Å². The molecule has 1 fully saturated rings. The van der Waals surface area contributed by atoms with Crippen LogP contribution in [0.25, 0.3) is 5.69 Å². The van der Waals surface area contributed by atoms with E-state index >= 15 is 0 Å². The Hall–Kier alpha value is -2.07. The number of amides is 1. The van der Waals surface area contributed by atoms with Crippen molar-refractivity contribution in [1.29, 1.82) is 0 Å². The highest BCUT2D eigenvalue weighted by atomic mass is 16.1. The molecule has 1 aliphatic rings. The average Bonchev–Trinajstić information content (AvgIpc) is 3.05. The standard InChI is InChI=1S/C22H31N3O/c1-18-10-11-19(16-20(18)25-14-8-9-15-25)21(26)23-17-22(24(2)3)12-6-4-5-7-13-22/h8-11,14-16H,4-7,12-13,17H2,1-3H3,(H,23,26). The topological polar surface area (TPSA) is 37.3 Å². The van der Waals surface area contributed by atoms with Gasteiger partial charge in [0.2, 0.25) is 0 Å². The molecule has 0 radical (unpaired) electrons. The number of benzene rings is 1. The third-order valence-electron chi connectivity index (χ3n) is 5.91. The first-order valence-electron chi connectivity index (χ1n) is 9.71. The molecular formula is C22H31N3O. The number of nitrogens with zero attached hydrogens (tertiary/aromatic N) is 2. The maximum Gasteiger partial charge on any atom is 0.251 e. The summed E-state index contributed by atoms with van der Waals surface area (Å²) in [7, 11) is 4.29. The summed E-state index contributed by atoms with van der Waals surface area (Å²) in [6.07, 6.45) is 11.4. The lowest BCUT2D eigenvalue weighted by molar-refractivity contribution is 0.0869. The van der Waals surface area contributed by atoms with Gasteiger partial charge in [0, 0.05) is 35.7 Å². The summed E-state index contributed by atoms with van der Waals surface area (Å²) in [6, 6.07) is 9.93. The SMILES string of the molecule is Cc1ccc(C(=O)NCC2(N(C)C)CCCCCC2)cc1-n1cccc1. The number of carbonyl (C=O) groups is 1. The van der Waals surface area contributed by atoms with E-state index in [9.17, 15) is 4.79 Å². The van der Waals surface area contributed by atoms with Gasteiger partial charge in [0.05, 0.1) is 0 Å². The van der Waals surface area contributed by atoms with E-state index < -0.39 is 0 Å². The minimum atomic E-state index is 0.0175. The van der Waals surface area contributed by atoms with Gasteiger partial charge in [0.15, 0.2) is 0 Å². The second-order valence-electron chi connectivity index (χ2n) is 7.81. The Morgan fingerprint density at radius 2 is 1.77 bits per heavy atom. The lowest BCUT2D eigenvalue weighted by Gasteiger charge is -2.39. The Kier molecular flexibility index (Phi) is 5.82. The van der Waals surface area contributed by atoms with Crippen molar-refractivity contribution in [3.05, 3.63) is 53.9 Å². The number of hydrogen-bond acceptors (Lipinski definition) is 2. The molecule has 0 bridgehead atoms. The van der Waals surface area contributed by atoms with Crippen molar-refractivity contribution in [3.63, 3.8) is 0 Å². The number of aromatic nitrogens is 1. The second kappa shape index (κ2) is 8.09. The van der Waals surface area contributed by atoms with Gasteiger partial charge in [-0.05, 0) is 63.7 Å². The molecule has 1 N–H and O–H groups in total. The first kappa shape index (κ1) is 18.7. The van der Waals surface area contributed by atoms with Crippen LogP contribution in [0.5, 0.6) is 0 Å². The maximum atomic E-state index is 12.8. The molecule has 1 saturated carbocycles. The van der Waals surface area contributed by atoms with Crippen molar-refractivity contribution in [1.82, 2.24) is 14.8 Å². The van der Waals surface area contributed by atoms with Crippen molar-refractivity contribution >= 4 is 5.91 Å². The van der Waals surface area contributed by atoms with Crippen molar-refractivity contribution in [2.45, 2.75) is 51.0 Å². The molecule has 4 nitrogen and oxygen atoms in total. The first-order valence-corrected chi connectivity index (χ1v) is 9.71. The molecule has 1 aromatic heterocycles. The van der Waals surface area contributed by atoms with Crippen LogP contribution in [0.15, 0.2) is 42.7 Å². The molecular weight excluding hydrogens is 322 g/mol. The van der Waals surface area contributed by atoms with E-state index in [0.29, 0.717) is 6.54 Å². The number of likely N-dealkylation sites (N-methyl/N-ethyl adjacent to an activating group) is 1. The van der Waals surface area contributed by atoms with Crippen molar-refractivity contribution < 1.29 is 4.79 Å². The Balaban J connectivity index is 1.74. The molecule has 1 amide bonds. The minimum Gasteiger partial charge on any atom is -0.350 e. The van der Waals surface area contributed by atoms with E-state index in [2.05, 4.69) is 35.8 Å². The van der Waals surface area contributed by atoms with Gasteiger partial charge in [-0.2, -0.15) is 0 Å². The van der Waals surface area contributed by atoms with Crippen LogP contribution >= 0.6 is 0 Å². The van der Waals surface area contributed by atoms with Gasteiger partial charge < -0.3 is 14.8 Å². The fraction of sp³-hybridized carbons (Fsp3) is 0.500. The quantitative estimate of drug-likeness (QED) is 0.819. The summed E-state index contributed by atoms with van der Waals surface area (Å²) < 4.78 is 2.05. The Bertz CT molecular complexity index is 726. The third kappa shape index (κ3) is 4.01. The van der Waals surface area contributed by atoms with Crippen LogP contribution in [0.2, 0.25) is 0 Å². The lowest BCUT2D eigenvalue weighted by Crippen LogP contribution is -2.52. The molecule has 4 heteroatoms. The summed E-state index contributed by atoms with van der Waals surface area (Å²) in [4.78, 5) is 15.2. The molecule has 2 aromatic rings. The zero-order valence-electron chi connectivity index (χ0n) is 16.3. The minimum absolute atomic E-state index is 0.0175. The second-order valence-corrected chi connectivity index (χ2v) is 7.81. The smallest absolute Gasteiger partial charge is 0.251 e. The summed E-state index contributed by atoms with van der Waals surface area (Å²) in [6.45, 7) is 2.79. The molecule has 1 aromatic carbocycles. The van der Waals surface area contributed by atoms with E-state index in [-0.39, 0.29) is 11.4 Å². The van der Waals surface area contributed by atoms with Gasteiger partial charge in [-0.3, -0.25) is 4.79 Å². The monoisotopic (exact) mass is 353 g/mol. The van der Waals surface area contributed by atoms with E-state index in [1.807, 2.05) is 42.7 Å². The predicted octanol–water partition coefficient (Wildman–Crippen LogP) is 4.17. The van der Waals surface area contributed by atoms with Crippen molar-refractivity contribution in [2.24, 2.45) is 0 Å². The highest BCUT2D eigenvalue weighted by Gasteiger charge is 2.33. The largest absolute Gasteiger partial charge is 0.350 e. The normalized spacial score (nSPS) is 17.1. The van der Waals surface area contributed by atoms with Crippen molar-refractivity contribution in [3.8, 4) is 5.69 Å². The summed E-state index contributed by atoms with van der Waals surface area (Å²) in [5, 5.41) is 3.22. The van der Waals surface area contributed by atoms with Crippen molar-refractivity contribution in [2.75, 3.05) is 20.6 Å². The summed E-state index contributed by atoms with van der Waals surface area (Å²) in [5.74, 6) is 0.0175. The van der Waals surface area contributed by atoms with Crippen LogP contribution < -0.4 is 5.32 Å². The van der Waals surface area contributed by atoms with Crippen LogP contribution in [0, 0.1) is 6.92 Å². The average molecular weight is 354 g/mol. The molecule has 3 rings (SSSR count). The Morgan fingerprint density at radius 1 is 1.12 bits per heavy atom. The predicted molar refractivity (Wildman–Crippen MR) is 107 cm³/mol. The molecule has 140 valence electrons. The van der Waals surface area contributed by atoms with Gasteiger partial charge in [0.25, 0.3) is 5.91 Å². The number of nitrogens with one attached hydrogen (secondary N) is 1. The van der Waals surface area contributed by atoms with E-state index in [4.69, 9.17) is 0 Å². The third-order valence-corrected chi connectivity index (χ3v) is 5.91. The number of carbonyl (C=O) groups excluding carboxylic acids is 1. The number of aryl methyl sites for hydroxylation is 1. The highest BCUT2D eigenvalue weighted by molar-refractivity contribution is 5.95. The molecule has 0 unspecified atom stereocenters. The first-order chi connectivity index (χ1) is 12.5. The van der Waals surface area contributed by atoms with Gasteiger partial charge in [-0.1, -0.05) is 31.7 Å². The highest BCUT2D eigenvalue weighted by Crippen LogP contribution is 2.30. The van der Waals surface area contributed by atoms with E-state index in [1.54, 1.807) is 0 Å². The molecule has 0 atom stereocenters. The number of hydrogen-bond donors (Lipinski definition) is 1. The van der Waals surface area contributed by atoms with Gasteiger partial charge >= 0.3 is 0 Å². The summed E-state index contributed by atoms with van der Waals surface area (Å²) in [5.41, 5.74) is 3.02. The van der Waals surface area contributed by atoms with Gasteiger partial charge in [0.1, 0.15) is 0 Å². The van der Waals surface area contributed by atoms with Gasteiger partial charge in [-0.25, -0.2) is 0 Å². The lowest BCUT2D eigenvalue weighted by atomic mass is 9.88. The van der Waals surface area contributed by atoms with E-state index in [1.165, 1.54) is 25.7 Å². The Labute approximate surface area is 157 Å². The van der Waals surface area contributed by atoms with Crippen LogP contribution in [0.1, 0.15) is 54.4 Å². The summed E-state index contributed by atoms with van der Waals surface area (Å²) >= 11 is 0. The maximum absolute atomic E-state index is 12.8. The molecule has 0 aliphatic heterocycles. The van der Waals surface area contributed by atoms with Gasteiger partial charge in [-0.15, -0.1) is 0 Å². The zero-order valence-corrected chi connectivity index (χ0v) is 16.3. The van der Waals surface area contributed by atoms with E-state index in [0.717, 1.165) is 29.7 Å². The van der Waals surface area contributed by atoms with Crippen LogP contribution in [0.4, 0.5) is 0 Å². The molecule has 1 heterocycles.